The largest absolute Gasteiger partial charge is 0.504 e. The van der Waals surface area contributed by atoms with Gasteiger partial charge >= 0.3 is 26.0 Å². The molecule has 0 rings (SSSR count). The summed E-state index contributed by atoms with van der Waals surface area (Å²) >= 11 is 0. The third kappa shape index (κ3) is 8.81. The minimum Gasteiger partial charge on any atom is -0.375 e. The molecule has 1 atom stereocenters. The van der Waals surface area contributed by atoms with Gasteiger partial charge in [0.05, 0.1) is 0 Å². The van der Waals surface area contributed by atoms with Gasteiger partial charge in [0.25, 0.3) is 0 Å². The minimum atomic E-state index is -6.33. The molecule has 0 aliphatic rings. The third-order valence-corrected chi connectivity index (χ3v) is 3.10. The monoisotopic (exact) mass is 377 g/mol. The Bertz CT molecular complexity index is 348. The zero-order chi connectivity index (χ0) is 17.4. The second-order valence-corrected chi connectivity index (χ2v) is 5.65. The summed E-state index contributed by atoms with van der Waals surface area (Å²) in [6.07, 6.45) is -4.45. The van der Waals surface area contributed by atoms with Crippen molar-refractivity contribution in [3.63, 3.8) is 0 Å². The highest BCUT2D eigenvalue weighted by Gasteiger charge is 2.72. The van der Waals surface area contributed by atoms with Crippen molar-refractivity contribution >= 4 is 8.03 Å². The van der Waals surface area contributed by atoms with Crippen molar-refractivity contribution in [1.29, 1.82) is 0 Å². The number of alkyl halides is 7. The standard InChI is InChI=1S/C11H17F7O3P.CH4/c1-22(19)21-7-5-3-2-4-6-20-8-9(12,13)10(14,15)11(16,17)18;/h2-8H2,1H3;1H4/q+1;. The van der Waals surface area contributed by atoms with Crippen LogP contribution in [0.15, 0.2) is 0 Å². The number of halogens is 7. The van der Waals surface area contributed by atoms with Gasteiger partial charge in [-0.05, 0) is 17.4 Å². The van der Waals surface area contributed by atoms with Gasteiger partial charge in [0, 0.05) is 6.61 Å². The maximum absolute atomic E-state index is 12.8. The van der Waals surface area contributed by atoms with Crippen molar-refractivity contribution in [3.8, 4) is 0 Å². The Morgan fingerprint density at radius 2 is 1.35 bits per heavy atom. The van der Waals surface area contributed by atoms with E-state index in [1.807, 2.05) is 0 Å². The van der Waals surface area contributed by atoms with Crippen LogP contribution in [0.5, 0.6) is 0 Å². The van der Waals surface area contributed by atoms with Crippen LogP contribution in [0.3, 0.4) is 0 Å². The van der Waals surface area contributed by atoms with E-state index >= 15 is 0 Å². The predicted octanol–water partition coefficient (Wildman–Crippen LogP) is 5.42. The highest BCUT2D eigenvalue weighted by Crippen LogP contribution is 2.46. The third-order valence-electron chi connectivity index (χ3n) is 2.55. The van der Waals surface area contributed by atoms with E-state index in [0.717, 1.165) is 0 Å². The first-order valence-corrected chi connectivity index (χ1v) is 7.98. The molecule has 0 saturated heterocycles. The van der Waals surface area contributed by atoms with Crippen LogP contribution in [0.25, 0.3) is 0 Å². The van der Waals surface area contributed by atoms with Gasteiger partial charge < -0.3 is 4.74 Å². The molecule has 0 spiro atoms. The lowest BCUT2D eigenvalue weighted by atomic mass is 10.1. The Kier molecular flexibility index (Phi) is 11.2. The molecule has 140 valence electrons. The maximum Gasteiger partial charge on any atom is 0.504 e. The summed E-state index contributed by atoms with van der Waals surface area (Å²) in [5, 5.41) is 0. The number of rotatable bonds is 11. The average Bonchev–Trinajstić information content (AvgIpc) is 2.34. The van der Waals surface area contributed by atoms with Gasteiger partial charge in [-0.1, -0.05) is 20.3 Å². The zero-order valence-electron chi connectivity index (χ0n) is 11.8. The number of hydrogen-bond acceptors (Lipinski definition) is 3. The topological polar surface area (TPSA) is 35.5 Å². The summed E-state index contributed by atoms with van der Waals surface area (Å²) in [5.41, 5.74) is 0. The smallest absolute Gasteiger partial charge is 0.375 e. The molecule has 0 heterocycles. The van der Waals surface area contributed by atoms with Gasteiger partial charge in [0.2, 0.25) is 0 Å². The average molecular weight is 377 g/mol. The first kappa shape index (κ1) is 24.8. The van der Waals surface area contributed by atoms with E-state index in [9.17, 15) is 35.3 Å². The Labute approximate surface area is 131 Å². The van der Waals surface area contributed by atoms with Gasteiger partial charge in [-0.15, -0.1) is 4.52 Å². The molecule has 11 heteroatoms. The maximum atomic E-state index is 12.8. The van der Waals surface area contributed by atoms with Crippen LogP contribution in [0, 0.1) is 0 Å². The molecule has 0 aromatic rings. The fourth-order valence-electron chi connectivity index (χ4n) is 1.35. The summed E-state index contributed by atoms with van der Waals surface area (Å²) in [6, 6.07) is 0. The Morgan fingerprint density at radius 3 is 1.78 bits per heavy atom. The van der Waals surface area contributed by atoms with Gasteiger partial charge in [-0.3, -0.25) is 0 Å². The Balaban J connectivity index is 0. The quantitative estimate of drug-likeness (QED) is 0.274. The van der Waals surface area contributed by atoms with E-state index in [-0.39, 0.29) is 27.1 Å². The number of unbranched alkanes of at least 4 members (excludes halogenated alkanes) is 3. The van der Waals surface area contributed by atoms with Gasteiger partial charge in [0.1, 0.15) is 13.2 Å². The molecule has 0 fully saturated rings. The molecule has 0 aliphatic carbocycles. The van der Waals surface area contributed by atoms with Crippen LogP contribution in [0.2, 0.25) is 0 Å². The summed E-state index contributed by atoms with van der Waals surface area (Å²) in [7, 11) is -1.69. The number of hydrogen-bond donors (Lipinski definition) is 0. The van der Waals surface area contributed by atoms with Gasteiger partial charge in [-0.2, -0.15) is 30.7 Å². The Morgan fingerprint density at radius 1 is 0.870 bits per heavy atom. The Hall–Kier alpha value is -0.470. The molecule has 0 amide bonds. The van der Waals surface area contributed by atoms with Gasteiger partial charge in [-0.25, -0.2) is 0 Å². The van der Waals surface area contributed by atoms with Crippen LogP contribution in [0.1, 0.15) is 33.1 Å². The van der Waals surface area contributed by atoms with Crippen molar-refractivity contribution in [1.82, 2.24) is 0 Å². The molecular weight excluding hydrogens is 356 g/mol. The summed E-state index contributed by atoms with van der Waals surface area (Å²) < 4.78 is 106. The molecule has 23 heavy (non-hydrogen) atoms. The van der Waals surface area contributed by atoms with Gasteiger partial charge in [0.15, 0.2) is 6.66 Å². The highest BCUT2D eigenvalue weighted by atomic mass is 31.1. The van der Waals surface area contributed by atoms with Crippen molar-refractivity contribution in [2.75, 3.05) is 26.5 Å². The van der Waals surface area contributed by atoms with Crippen LogP contribution in [0.4, 0.5) is 30.7 Å². The second-order valence-electron chi connectivity index (χ2n) is 4.52. The number of ether oxygens (including phenoxy) is 1. The summed E-state index contributed by atoms with van der Waals surface area (Å²) in [5.74, 6) is -11.4. The second kappa shape index (κ2) is 10.4. The molecule has 0 aromatic carbocycles. The van der Waals surface area contributed by atoms with Crippen LogP contribution in [-0.2, 0) is 13.8 Å². The van der Waals surface area contributed by atoms with Crippen molar-refractivity contribution < 1.29 is 44.6 Å². The van der Waals surface area contributed by atoms with E-state index < -0.39 is 32.7 Å². The van der Waals surface area contributed by atoms with E-state index in [1.165, 1.54) is 6.66 Å². The lowest BCUT2D eigenvalue weighted by Gasteiger charge is -2.27. The molecule has 0 aromatic heterocycles. The van der Waals surface area contributed by atoms with Crippen LogP contribution < -0.4 is 0 Å². The normalized spacial score (nSPS) is 13.7. The molecule has 3 nitrogen and oxygen atoms in total. The molecule has 1 unspecified atom stereocenters. The van der Waals surface area contributed by atoms with E-state index in [4.69, 9.17) is 4.52 Å². The highest BCUT2D eigenvalue weighted by molar-refractivity contribution is 7.38. The fourth-order valence-corrected chi connectivity index (χ4v) is 1.74. The van der Waals surface area contributed by atoms with E-state index in [2.05, 4.69) is 4.74 Å². The molecule has 0 aliphatic heterocycles. The van der Waals surface area contributed by atoms with Crippen LogP contribution >= 0.6 is 8.03 Å². The predicted molar refractivity (Wildman–Crippen MR) is 71.4 cm³/mol. The van der Waals surface area contributed by atoms with Crippen LogP contribution in [-0.4, -0.2) is 44.5 Å². The zero-order valence-corrected chi connectivity index (χ0v) is 12.7. The van der Waals surface area contributed by atoms with Crippen molar-refractivity contribution in [3.05, 3.63) is 0 Å². The summed E-state index contributed by atoms with van der Waals surface area (Å²) in [4.78, 5) is 0. The van der Waals surface area contributed by atoms with E-state index in [0.29, 0.717) is 19.3 Å². The van der Waals surface area contributed by atoms with Crippen molar-refractivity contribution in [2.45, 2.75) is 51.1 Å². The molecule has 0 N–H and O–H groups in total. The lowest BCUT2D eigenvalue weighted by molar-refractivity contribution is -0.361. The molecular formula is C12H21F7O3P+. The summed E-state index contributed by atoms with van der Waals surface area (Å²) in [6.45, 7) is -0.701. The van der Waals surface area contributed by atoms with Crippen molar-refractivity contribution in [2.24, 2.45) is 0 Å². The molecule has 0 bridgehead atoms. The minimum absolute atomic E-state index is 0. The lowest BCUT2D eigenvalue weighted by Crippen LogP contribution is -2.54. The molecule has 0 radical (unpaired) electrons. The first-order valence-electron chi connectivity index (χ1n) is 6.35. The van der Waals surface area contributed by atoms with E-state index in [1.54, 1.807) is 0 Å². The first-order chi connectivity index (χ1) is 9.92. The SMILES string of the molecule is C.C[P+](=O)OCCCCCCOCC(F)(F)C(F)(F)C(F)(F)F. The fraction of sp³-hybridized carbons (Fsp3) is 1.00. The molecule has 0 saturated carbocycles.